The molecule has 0 fully saturated rings. The lowest BCUT2D eigenvalue weighted by Gasteiger charge is -2.13. The normalized spacial score (nSPS) is 12.1. The van der Waals surface area contributed by atoms with E-state index in [1.54, 1.807) is 6.92 Å². The highest BCUT2D eigenvalue weighted by molar-refractivity contribution is 6.06. The molecular weight excluding hydrogens is 368 g/mol. The minimum Gasteiger partial charge on any atom is -0.491 e. The molecule has 2 N–H and O–H groups in total. The maximum Gasteiger partial charge on any atom is 0.340 e. The van der Waals surface area contributed by atoms with E-state index in [-0.39, 0.29) is 12.6 Å². The van der Waals surface area contributed by atoms with Gasteiger partial charge in [-0.05, 0) is 37.6 Å². The summed E-state index contributed by atoms with van der Waals surface area (Å²) in [5, 5.41) is 14.2. The van der Waals surface area contributed by atoms with Gasteiger partial charge in [0, 0.05) is 36.7 Å². The number of esters is 1. The number of hydrogen-bond donors (Lipinski definition) is 2. The zero-order valence-electron chi connectivity index (χ0n) is 17.1. The lowest BCUT2D eigenvalue weighted by Crippen LogP contribution is -2.31. The van der Waals surface area contributed by atoms with Crippen molar-refractivity contribution in [3.8, 4) is 5.75 Å². The van der Waals surface area contributed by atoms with Crippen LogP contribution in [0.5, 0.6) is 5.75 Å². The lowest BCUT2D eigenvalue weighted by atomic mass is 10.1. The number of nitrogens with zero attached hydrogens (tertiary/aromatic N) is 1. The molecule has 0 saturated carbocycles. The van der Waals surface area contributed by atoms with Gasteiger partial charge in [-0.15, -0.1) is 0 Å². The molecule has 6 nitrogen and oxygen atoms in total. The number of rotatable bonds is 9. The Morgan fingerprint density at radius 1 is 1.21 bits per heavy atom. The first-order valence-corrected chi connectivity index (χ1v) is 9.83. The van der Waals surface area contributed by atoms with Crippen molar-refractivity contribution in [2.45, 2.75) is 26.5 Å². The number of carbonyl (C=O) groups excluding carboxylic acids is 1. The highest BCUT2D eigenvalue weighted by atomic mass is 16.5. The van der Waals surface area contributed by atoms with Gasteiger partial charge in [0.1, 0.15) is 18.5 Å². The van der Waals surface area contributed by atoms with E-state index in [1.165, 1.54) is 0 Å². The predicted molar refractivity (Wildman–Crippen MR) is 113 cm³/mol. The first-order chi connectivity index (χ1) is 14.0. The molecule has 1 unspecified atom stereocenters. The fourth-order valence-electron chi connectivity index (χ4n) is 3.33. The number of fused-ring (bicyclic) bond motifs is 1. The lowest BCUT2D eigenvalue weighted by molar-refractivity contribution is 0.0527. The molecule has 0 spiro atoms. The van der Waals surface area contributed by atoms with E-state index < -0.39 is 6.10 Å². The molecule has 1 atom stereocenters. The molecule has 3 aromatic rings. The molecule has 0 aliphatic rings. The van der Waals surface area contributed by atoms with Crippen molar-refractivity contribution in [1.29, 1.82) is 0 Å². The van der Waals surface area contributed by atoms with Gasteiger partial charge in [-0.3, -0.25) is 0 Å². The van der Waals surface area contributed by atoms with E-state index in [0.717, 1.165) is 22.2 Å². The summed E-state index contributed by atoms with van der Waals surface area (Å²) in [6, 6.07) is 15.6. The summed E-state index contributed by atoms with van der Waals surface area (Å²) in [6.07, 6.45) is -0.642. The van der Waals surface area contributed by atoms with Crippen LogP contribution < -0.4 is 10.1 Å². The topological polar surface area (TPSA) is 72.7 Å². The first kappa shape index (κ1) is 20.9. The van der Waals surface area contributed by atoms with Gasteiger partial charge < -0.3 is 24.5 Å². The molecule has 0 aliphatic heterocycles. The summed E-state index contributed by atoms with van der Waals surface area (Å²) in [4.78, 5) is 12.4. The molecule has 3 rings (SSSR count). The summed E-state index contributed by atoms with van der Waals surface area (Å²) < 4.78 is 12.9. The number of carbonyl (C=O) groups is 1. The Hall–Kier alpha value is -2.83. The highest BCUT2D eigenvalue weighted by Crippen LogP contribution is 2.29. The van der Waals surface area contributed by atoms with Crippen LogP contribution in [0.1, 0.15) is 28.5 Å². The number of benzene rings is 2. The van der Waals surface area contributed by atoms with Crippen LogP contribution in [0, 0.1) is 6.92 Å². The van der Waals surface area contributed by atoms with Crippen LogP contribution >= 0.6 is 0 Å². The van der Waals surface area contributed by atoms with E-state index >= 15 is 0 Å². The van der Waals surface area contributed by atoms with Gasteiger partial charge in [-0.1, -0.05) is 30.3 Å². The molecule has 0 amide bonds. The van der Waals surface area contributed by atoms with Crippen LogP contribution in [0.25, 0.3) is 10.9 Å². The van der Waals surface area contributed by atoms with Gasteiger partial charge in [0.15, 0.2) is 0 Å². The Kier molecular flexibility index (Phi) is 6.90. The van der Waals surface area contributed by atoms with Gasteiger partial charge >= 0.3 is 5.97 Å². The number of ether oxygens (including phenoxy) is 2. The third-order valence-corrected chi connectivity index (χ3v) is 4.94. The standard InChI is InChI=1S/C23H28N2O4/c1-4-28-23(27)22-16(2)25(3)21-11-10-19(12-20(21)22)29-15-18(26)14-24-13-17-8-6-5-7-9-17/h5-12,18,24,26H,4,13-15H2,1-3H3. The van der Waals surface area contributed by atoms with Crippen molar-refractivity contribution in [1.82, 2.24) is 9.88 Å². The van der Waals surface area contributed by atoms with Gasteiger partial charge in [0.2, 0.25) is 0 Å². The van der Waals surface area contributed by atoms with E-state index in [9.17, 15) is 9.90 Å². The van der Waals surface area contributed by atoms with Crippen molar-refractivity contribution >= 4 is 16.9 Å². The van der Waals surface area contributed by atoms with Gasteiger partial charge in [-0.2, -0.15) is 0 Å². The van der Waals surface area contributed by atoms with E-state index in [2.05, 4.69) is 5.32 Å². The predicted octanol–water partition coefficient (Wildman–Crippen LogP) is 3.19. The summed E-state index contributed by atoms with van der Waals surface area (Å²) in [5.74, 6) is 0.272. The fourth-order valence-corrected chi connectivity index (χ4v) is 3.33. The first-order valence-electron chi connectivity index (χ1n) is 9.83. The minimum absolute atomic E-state index is 0.161. The Balaban J connectivity index is 1.62. The highest BCUT2D eigenvalue weighted by Gasteiger charge is 2.20. The van der Waals surface area contributed by atoms with Crippen molar-refractivity contribution in [2.24, 2.45) is 7.05 Å². The van der Waals surface area contributed by atoms with Crippen molar-refractivity contribution < 1.29 is 19.4 Å². The molecule has 0 saturated heterocycles. The molecular formula is C23H28N2O4. The fraction of sp³-hybridized carbons (Fsp3) is 0.348. The molecule has 154 valence electrons. The second-order valence-electron chi connectivity index (χ2n) is 7.00. The third kappa shape index (κ3) is 4.96. The van der Waals surface area contributed by atoms with Crippen LogP contribution in [0.3, 0.4) is 0 Å². The SMILES string of the molecule is CCOC(=O)c1c(C)n(C)c2ccc(OCC(O)CNCc3ccccc3)cc12. The summed E-state index contributed by atoms with van der Waals surface area (Å²) in [6.45, 7) is 5.29. The molecule has 29 heavy (non-hydrogen) atoms. The number of aromatic nitrogens is 1. The Labute approximate surface area is 171 Å². The van der Waals surface area contributed by atoms with Crippen LogP contribution in [0.15, 0.2) is 48.5 Å². The average Bonchev–Trinajstić information content (AvgIpc) is 2.97. The zero-order valence-corrected chi connectivity index (χ0v) is 17.1. The van der Waals surface area contributed by atoms with Crippen molar-refractivity contribution in [2.75, 3.05) is 19.8 Å². The Morgan fingerprint density at radius 2 is 1.97 bits per heavy atom. The molecule has 0 aliphatic carbocycles. The van der Waals surface area contributed by atoms with Crippen molar-refractivity contribution in [3.05, 3.63) is 65.4 Å². The minimum atomic E-state index is -0.642. The average molecular weight is 396 g/mol. The second kappa shape index (κ2) is 9.58. The molecule has 6 heteroatoms. The third-order valence-electron chi connectivity index (χ3n) is 4.94. The van der Waals surface area contributed by atoms with E-state index in [0.29, 0.717) is 31.0 Å². The maximum atomic E-state index is 12.4. The summed E-state index contributed by atoms with van der Waals surface area (Å²) in [7, 11) is 1.92. The number of aliphatic hydroxyl groups excluding tert-OH is 1. The largest absolute Gasteiger partial charge is 0.491 e. The quantitative estimate of drug-likeness (QED) is 0.544. The molecule has 0 bridgehead atoms. The van der Waals surface area contributed by atoms with Crippen LogP contribution in [-0.4, -0.2) is 41.5 Å². The number of nitrogens with one attached hydrogen (secondary N) is 1. The zero-order chi connectivity index (χ0) is 20.8. The Bertz CT molecular complexity index is 966. The molecule has 1 heterocycles. The van der Waals surface area contributed by atoms with Crippen molar-refractivity contribution in [3.63, 3.8) is 0 Å². The monoisotopic (exact) mass is 396 g/mol. The molecule has 1 aromatic heterocycles. The van der Waals surface area contributed by atoms with Gasteiger partial charge in [0.05, 0.1) is 12.2 Å². The maximum absolute atomic E-state index is 12.4. The summed E-state index contributed by atoms with van der Waals surface area (Å²) in [5.41, 5.74) is 3.50. The summed E-state index contributed by atoms with van der Waals surface area (Å²) >= 11 is 0. The van der Waals surface area contributed by atoms with Gasteiger partial charge in [-0.25, -0.2) is 4.79 Å². The smallest absolute Gasteiger partial charge is 0.340 e. The molecule has 2 aromatic carbocycles. The second-order valence-corrected chi connectivity index (χ2v) is 7.00. The van der Waals surface area contributed by atoms with E-state index in [1.807, 2.05) is 67.1 Å². The number of hydrogen-bond acceptors (Lipinski definition) is 5. The van der Waals surface area contributed by atoms with E-state index in [4.69, 9.17) is 9.47 Å². The van der Waals surface area contributed by atoms with Gasteiger partial charge in [0.25, 0.3) is 0 Å². The molecule has 0 radical (unpaired) electrons. The number of aliphatic hydroxyl groups is 1. The number of aryl methyl sites for hydroxylation is 1. The van der Waals surface area contributed by atoms with Crippen LogP contribution in [-0.2, 0) is 18.3 Å². The van der Waals surface area contributed by atoms with Crippen LogP contribution in [0.2, 0.25) is 0 Å². The Morgan fingerprint density at radius 3 is 2.69 bits per heavy atom. The van der Waals surface area contributed by atoms with Crippen LogP contribution in [0.4, 0.5) is 0 Å².